The van der Waals surface area contributed by atoms with Gasteiger partial charge in [-0.3, -0.25) is 14.5 Å². The fourth-order valence-corrected chi connectivity index (χ4v) is 5.22. The van der Waals surface area contributed by atoms with Crippen LogP contribution in [-0.4, -0.2) is 51.6 Å². The Kier molecular flexibility index (Phi) is 3.55. The average molecular weight is 418 g/mol. The molecule has 2 amide bonds. The third-order valence-electron chi connectivity index (χ3n) is 2.85. The monoisotopic (exact) mass is 416 g/mol. The number of carbonyl (C=O) groups excluding carboxylic acids is 2. The minimum Gasteiger partial charge on any atom is -0.455 e. The van der Waals surface area contributed by atoms with E-state index in [1.54, 1.807) is 0 Å². The van der Waals surface area contributed by atoms with Crippen molar-refractivity contribution in [3.05, 3.63) is 0 Å². The lowest BCUT2D eigenvalue weighted by Crippen LogP contribution is -2.41. The number of aliphatic imine (C=N–C) groups is 1. The molecule has 106 valence electrons. The number of amides is 2. The van der Waals surface area contributed by atoms with Crippen molar-refractivity contribution in [1.29, 1.82) is 0 Å². The van der Waals surface area contributed by atoms with Gasteiger partial charge in [-0.05, 0) is 0 Å². The van der Waals surface area contributed by atoms with Gasteiger partial charge in [-0.25, -0.2) is 8.42 Å². The molecule has 0 spiro atoms. The number of alkyl halides is 2. The van der Waals surface area contributed by atoms with Gasteiger partial charge < -0.3 is 4.74 Å². The number of sulfone groups is 1. The lowest BCUT2D eigenvalue weighted by atomic mass is 10.2. The molecule has 0 saturated carbocycles. The van der Waals surface area contributed by atoms with E-state index in [4.69, 9.17) is 4.74 Å². The summed E-state index contributed by atoms with van der Waals surface area (Å²) >= 11 is 6.13. The Bertz CT molecular complexity index is 585. The van der Waals surface area contributed by atoms with E-state index in [-0.39, 0.29) is 11.8 Å². The molecular formula is C9H10Br2N2O5S. The molecule has 2 saturated heterocycles. The van der Waals surface area contributed by atoms with Crippen molar-refractivity contribution in [2.24, 2.45) is 4.99 Å². The fraction of sp³-hybridized carbons (Fsp3) is 0.667. The zero-order valence-electron chi connectivity index (χ0n) is 9.96. The number of fused-ring (bicyclic) bond motifs is 1. The van der Waals surface area contributed by atoms with Gasteiger partial charge in [-0.15, -0.1) is 0 Å². The Balaban J connectivity index is 2.48. The Morgan fingerprint density at radius 2 is 2.00 bits per heavy atom. The van der Waals surface area contributed by atoms with Crippen LogP contribution >= 0.6 is 31.9 Å². The Hall–Kier alpha value is -0.480. The second-order valence-electron chi connectivity index (χ2n) is 4.25. The maximum Gasteiger partial charge on any atom is 0.302 e. The highest BCUT2D eigenvalue weighted by atomic mass is 79.9. The molecule has 0 bridgehead atoms. The predicted octanol–water partition coefficient (Wildman–Crippen LogP) is 0.377. The number of hydrogen-bond donors (Lipinski definition) is 0. The summed E-state index contributed by atoms with van der Waals surface area (Å²) in [5, 5.41) is 0. The first-order chi connectivity index (χ1) is 8.58. The van der Waals surface area contributed by atoms with E-state index in [1.807, 2.05) is 0 Å². The summed E-state index contributed by atoms with van der Waals surface area (Å²) in [4.78, 5) is 27.4. The van der Waals surface area contributed by atoms with E-state index in [0.29, 0.717) is 0 Å². The van der Waals surface area contributed by atoms with Gasteiger partial charge in [-0.2, -0.15) is 4.99 Å². The normalized spacial score (nSPS) is 33.1. The Morgan fingerprint density at radius 3 is 2.47 bits per heavy atom. The SMILES string of the molecule is CC(=O)N=C1O[C@H]2[C@@H](CS(=O)(=O)C2(Br)Br)N1C(C)=O. The van der Waals surface area contributed by atoms with Crippen molar-refractivity contribution < 1.29 is 22.7 Å². The molecule has 0 aliphatic carbocycles. The summed E-state index contributed by atoms with van der Waals surface area (Å²) < 4.78 is 27.8. The number of nitrogens with zero attached hydrogens (tertiary/aromatic N) is 2. The summed E-state index contributed by atoms with van der Waals surface area (Å²) in [6.07, 6.45) is -0.862. The van der Waals surface area contributed by atoms with Gasteiger partial charge in [0.05, 0.1) is 11.8 Å². The number of ether oxygens (including phenoxy) is 1. The largest absolute Gasteiger partial charge is 0.455 e. The fourth-order valence-electron chi connectivity index (χ4n) is 2.08. The topological polar surface area (TPSA) is 93.1 Å². The summed E-state index contributed by atoms with van der Waals surface area (Å²) in [6, 6.07) is -0.868. The van der Waals surface area contributed by atoms with E-state index in [0.717, 1.165) is 4.90 Å². The molecule has 2 rings (SSSR count). The molecular weight excluding hydrogens is 408 g/mol. The maximum atomic E-state index is 12.0. The molecule has 0 aromatic rings. The maximum absolute atomic E-state index is 12.0. The van der Waals surface area contributed by atoms with Crippen molar-refractivity contribution in [3.63, 3.8) is 0 Å². The summed E-state index contributed by atoms with van der Waals surface area (Å²) in [6.45, 7) is 2.48. The molecule has 2 aliphatic heterocycles. The Labute approximate surface area is 126 Å². The van der Waals surface area contributed by atoms with Crippen LogP contribution in [0.3, 0.4) is 0 Å². The van der Waals surface area contributed by atoms with Gasteiger partial charge in [-0.1, -0.05) is 31.9 Å². The molecule has 10 heteroatoms. The van der Waals surface area contributed by atoms with Gasteiger partial charge in [0, 0.05) is 13.8 Å². The molecule has 0 unspecified atom stereocenters. The van der Waals surface area contributed by atoms with E-state index in [2.05, 4.69) is 36.9 Å². The van der Waals surface area contributed by atoms with E-state index in [1.165, 1.54) is 13.8 Å². The third-order valence-corrected chi connectivity index (χ3v) is 8.55. The van der Waals surface area contributed by atoms with Crippen molar-refractivity contribution >= 4 is 59.5 Å². The molecule has 7 nitrogen and oxygen atoms in total. The molecule has 2 fully saturated rings. The van der Waals surface area contributed by atoms with Crippen LogP contribution in [0.5, 0.6) is 0 Å². The van der Waals surface area contributed by atoms with E-state index < -0.39 is 36.4 Å². The van der Waals surface area contributed by atoms with Crippen molar-refractivity contribution in [3.8, 4) is 0 Å². The zero-order valence-corrected chi connectivity index (χ0v) is 14.0. The average Bonchev–Trinajstić information content (AvgIpc) is 2.61. The van der Waals surface area contributed by atoms with Crippen LogP contribution in [0.15, 0.2) is 4.99 Å². The molecule has 0 N–H and O–H groups in total. The molecule has 0 aromatic heterocycles. The van der Waals surface area contributed by atoms with Crippen molar-refractivity contribution in [2.75, 3.05) is 5.75 Å². The molecule has 19 heavy (non-hydrogen) atoms. The summed E-state index contributed by atoms with van der Waals surface area (Å²) in [7, 11) is -3.53. The third kappa shape index (κ3) is 2.23. The lowest BCUT2D eigenvalue weighted by Gasteiger charge is -2.18. The lowest BCUT2D eigenvalue weighted by molar-refractivity contribution is -0.125. The molecule has 0 radical (unpaired) electrons. The van der Waals surface area contributed by atoms with Crippen molar-refractivity contribution in [2.45, 2.75) is 28.6 Å². The molecule has 2 heterocycles. The highest BCUT2D eigenvalue weighted by Crippen LogP contribution is 2.49. The van der Waals surface area contributed by atoms with Crippen LogP contribution < -0.4 is 0 Å². The van der Waals surface area contributed by atoms with Crippen LogP contribution in [-0.2, 0) is 24.2 Å². The number of amidine groups is 1. The van der Waals surface area contributed by atoms with Crippen LogP contribution in [0.25, 0.3) is 0 Å². The molecule has 2 atom stereocenters. The van der Waals surface area contributed by atoms with E-state index >= 15 is 0 Å². The Morgan fingerprint density at radius 1 is 1.42 bits per heavy atom. The minimum absolute atomic E-state index is 0.159. The van der Waals surface area contributed by atoms with Crippen LogP contribution in [0.1, 0.15) is 13.8 Å². The first kappa shape index (κ1) is 14.9. The second kappa shape index (κ2) is 4.52. The smallest absolute Gasteiger partial charge is 0.302 e. The number of hydrogen-bond acceptors (Lipinski definition) is 5. The zero-order chi connectivity index (χ0) is 14.6. The predicted molar refractivity (Wildman–Crippen MR) is 73.7 cm³/mol. The van der Waals surface area contributed by atoms with Gasteiger partial charge >= 0.3 is 6.02 Å². The highest BCUT2D eigenvalue weighted by Gasteiger charge is 2.65. The molecule has 0 aromatic carbocycles. The number of rotatable bonds is 0. The number of carbonyl (C=O) groups is 2. The first-order valence-electron chi connectivity index (χ1n) is 5.24. The summed E-state index contributed by atoms with van der Waals surface area (Å²) in [5.41, 5.74) is 0. The first-order valence-corrected chi connectivity index (χ1v) is 8.47. The van der Waals surface area contributed by atoms with Crippen LogP contribution in [0, 0.1) is 0 Å². The quantitative estimate of drug-likeness (QED) is 0.531. The second-order valence-corrected chi connectivity index (χ2v) is 11.1. The number of halogens is 2. The summed E-state index contributed by atoms with van der Waals surface area (Å²) in [5.74, 6) is -1.23. The van der Waals surface area contributed by atoms with Crippen molar-refractivity contribution in [1.82, 2.24) is 4.90 Å². The van der Waals surface area contributed by atoms with Crippen LogP contribution in [0.2, 0.25) is 0 Å². The van der Waals surface area contributed by atoms with E-state index in [9.17, 15) is 18.0 Å². The van der Waals surface area contributed by atoms with Gasteiger partial charge in [0.25, 0.3) is 0 Å². The van der Waals surface area contributed by atoms with Gasteiger partial charge in [0.1, 0.15) is 0 Å². The van der Waals surface area contributed by atoms with Crippen LogP contribution in [0.4, 0.5) is 0 Å². The highest BCUT2D eigenvalue weighted by molar-refractivity contribution is 9.28. The van der Waals surface area contributed by atoms with Gasteiger partial charge in [0.2, 0.25) is 14.4 Å². The van der Waals surface area contributed by atoms with Gasteiger partial charge in [0.15, 0.2) is 15.9 Å². The molecule has 2 aliphatic rings. The minimum atomic E-state index is -3.53. The standard InChI is InChI=1S/C9H10Br2N2O5S/c1-4(14)12-8-13(5(2)15)6-3-19(16,17)9(10,11)7(6)18-8/h6-7H,3H2,1-2H3/t6-,7+/m1/s1.